The molecule has 0 saturated carbocycles. The Labute approximate surface area is 193 Å². The smallest absolute Gasteiger partial charge is 0.261 e. The number of thiocarbonyl (C=S) groups is 1. The van der Waals surface area contributed by atoms with Crippen molar-refractivity contribution in [1.29, 1.82) is 0 Å². The lowest BCUT2D eigenvalue weighted by atomic mass is 10.1. The van der Waals surface area contributed by atoms with Gasteiger partial charge in [-0.15, -0.1) is 0 Å². The summed E-state index contributed by atoms with van der Waals surface area (Å²) in [7, 11) is 1.52. The second-order valence-electron chi connectivity index (χ2n) is 6.91. The van der Waals surface area contributed by atoms with Crippen LogP contribution in [0.2, 0.25) is 0 Å². The highest BCUT2D eigenvalue weighted by molar-refractivity contribution is 9.11. The molecule has 29 heavy (non-hydrogen) atoms. The van der Waals surface area contributed by atoms with Crippen LogP contribution in [0.4, 0.5) is 5.69 Å². The van der Waals surface area contributed by atoms with Crippen LogP contribution in [0.3, 0.4) is 0 Å². The molecule has 1 fully saturated rings. The Morgan fingerprint density at radius 2 is 1.83 bits per heavy atom. The van der Waals surface area contributed by atoms with E-state index in [-0.39, 0.29) is 11.0 Å². The zero-order valence-electron chi connectivity index (χ0n) is 16.1. The number of ether oxygens (including phenoxy) is 1. The molecule has 2 aromatic rings. The van der Waals surface area contributed by atoms with Crippen LogP contribution in [-0.2, 0) is 6.54 Å². The molecular weight excluding hydrogens is 518 g/mol. The number of rotatable bonds is 5. The average molecular weight is 541 g/mol. The number of hydrogen-bond acceptors (Lipinski definition) is 4. The fraction of sp³-hybridized carbons (Fsp3) is 0.333. The van der Waals surface area contributed by atoms with E-state index >= 15 is 0 Å². The summed E-state index contributed by atoms with van der Waals surface area (Å²) in [6, 6.07) is 11.7. The van der Waals surface area contributed by atoms with Gasteiger partial charge in [-0.1, -0.05) is 34.5 Å². The summed E-state index contributed by atoms with van der Waals surface area (Å²) in [5.74, 6) is 0.110. The molecule has 0 atom stereocenters. The number of carbonyl (C=O) groups excluding carboxylic acids is 1. The highest BCUT2D eigenvalue weighted by Gasteiger charge is 2.17. The number of benzene rings is 2. The van der Waals surface area contributed by atoms with Crippen LogP contribution in [0.1, 0.15) is 35.2 Å². The molecule has 0 bridgehead atoms. The Morgan fingerprint density at radius 3 is 2.48 bits per heavy atom. The number of hydrogen-bond donors (Lipinski definition) is 2. The normalized spacial score (nSPS) is 14.3. The molecule has 2 aromatic carbocycles. The van der Waals surface area contributed by atoms with Gasteiger partial charge < -0.3 is 10.1 Å². The predicted molar refractivity (Wildman–Crippen MR) is 128 cm³/mol. The minimum Gasteiger partial charge on any atom is -0.495 e. The SMILES string of the molecule is COc1c(Br)cc(Br)cc1C(=O)NC(=S)Nc1ccc(CN2CCCCC2)cc1. The molecule has 8 heteroatoms. The van der Waals surface area contributed by atoms with Gasteiger partial charge in [0.15, 0.2) is 5.11 Å². The van der Waals surface area contributed by atoms with E-state index in [0.29, 0.717) is 15.8 Å². The average Bonchev–Trinajstić information content (AvgIpc) is 2.69. The molecular formula is C21H23Br2N3O2S. The molecule has 1 heterocycles. The van der Waals surface area contributed by atoms with Gasteiger partial charge in [0.2, 0.25) is 0 Å². The molecule has 1 amide bonds. The van der Waals surface area contributed by atoms with Crippen molar-refractivity contribution in [3.05, 3.63) is 56.5 Å². The van der Waals surface area contributed by atoms with E-state index < -0.39 is 0 Å². The summed E-state index contributed by atoms with van der Waals surface area (Å²) in [6.07, 6.45) is 3.91. The number of methoxy groups -OCH3 is 1. The van der Waals surface area contributed by atoms with Crippen molar-refractivity contribution in [2.24, 2.45) is 0 Å². The number of nitrogens with one attached hydrogen (secondary N) is 2. The Balaban J connectivity index is 1.58. The van der Waals surface area contributed by atoms with E-state index in [0.717, 1.165) is 16.7 Å². The third kappa shape index (κ3) is 6.25. The molecule has 1 aliphatic rings. The van der Waals surface area contributed by atoms with Gasteiger partial charge in [0.05, 0.1) is 17.1 Å². The summed E-state index contributed by atoms with van der Waals surface area (Å²) in [6.45, 7) is 3.32. The summed E-state index contributed by atoms with van der Waals surface area (Å²) < 4.78 is 6.78. The van der Waals surface area contributed by atoms with E-state index in [2.05, 4.69) is 59.5 Å². The van der Waals surface area contributed by atoms with Gasteiger partial charge in [0.1, 0.15) is 5.75 Å². The predicted octanol–water partition coefficient (Wildman–Crippen LogP) is 5.33. The number of likely N-dealkylation sites (tertiary alicyclic amines) is 1. The van der Waals surface area contributed by atoms with E-state index in [1.807, 2.05) is 18.2 Å². The largest absolute Gasteiger partial charge is 0.495 e. The van der Waals surface area contributed by atoms with Gasteiger partial charge in [-0.05, 0) is 83.9 Å². The lowest BCUT2D eigenvalue weighted by Gasteiger charge is -2.26. The first kappa shape index (κ1) is 22.2. The van der Waals surface area contributed by atoms with Crippen LogP contribution >= 0.6 is 44.1 Å². The summed E-state index contributed by atoms with van der Waals surface area (Å²) in [5, 5.41) is 6.00. The van der Waals surface area contributed by atoms with Gasteiger partial charge in [0.25, 0.3) is 5.91 Å². The van der Waals surface area contributed by atoms with Crippen LogP contribution in [0.15, 0.2) is 45.3 Å². The Morgan fingerprint density at radius 1 is 1.14 bits per heavy atom. The maximum Gasteiger partial charge on any atom is 0.261 e. The maximum atomic E-state index is 12.6. The number of anilines is 1. The van der Waals surface area contributed by atoms with Gasteiger partial charge in [0, 0.05) is 16.7 Å². The van der Waals surface area contributed by atoms with Crippen molar-refractivity contribution < 1.29 is 9.53 Å². The second-order valence-corrected chi connectivity index (χ2v) is 9.09. The number of piperidine rings is 1. The van der Waals surface area contributed by atoms with Crippen molar-refractivity contribution in [1.82, 2.24) is 10.2 Å². The van der Waals surface area contributed by atoms with Crippen LogP contribution in [0.25, 0.3) is 0 Å². The van der Waals surface area contributed by atoms with Gasteiger partial charge in [-0.2, -0.15) is 0 Å². The third-order valence-corrected chi connectivity index (χ3v) is 6.00. The first-order chi connectivity index (χ1) is 14.0. The first-order valence-electron chi connectivity index (χ1n) is 9.43. The zero-order valence-corrected chi connectivity index (χ0v) is 20.1. The van der Waals surface area contributed by atoms with Crippen LogP contribution in [0, 0.1) is 0 Å². The summed E-state index contributed by atoms with van der Waals surface area (Å²) in [4.78, 5) is 15.1. The van der Waals surface area contributed by atoms with Crippen LogP contribution in [-0.4, -0.2) is 36.1 Å². The standard InChI is InChI=1S/C21H23Br2N3O2S/c1-28-19-17(11-15(22)12-18(19)23)20(27)25-21(29)24-16-7-5-14(6-8-16)13-26-9-3-2-4-10-26/h5-8,11-12H,2-4,9-10,13H2,1H3,(H2,24,25,27,29). The molecule has 1 saturated heterocycles. The number of halogens is 2. The van der Waals surface area contributed by atoms with E-state index in [1.54, 1.807) is 6.07 Å². The minimum absolute atomic E-state index is 0.233. The van der Waals surface area contributed by atoms with Crippen LogP contribution < -0.4 is 15.4 Å². The molecule has 0 aromatic heterocycles. The fourth-order valence-electron chi connectivity index (χ4n) is 3.34. The van der Waals surface area contributed by atoms with Crippen molar-refractivity contribution in [3.63, 3.8) is 0 Å². The molecule has 5 nitrogen and oxygen atoms in total. The topological polar surface area (TPSA) is 53.6 Å². The molecule has 0 unspecified atom stereocenters. The minimum atomic E-state index is -0.344. The second kappa shape index (κ2) is 10.5. The number of nitrogens with zero attached hydrogens (tertiary/aromatic N) is 1. The van der Waals surface area contributed by atoms with Crippen molar-refractivity contribution in [3.8, 4) is 5.75 Å². The quantitative estimate of drug-likeness (QED) is 0.502. The van der Waals surface area contributed by atoms with Crippen molar-refractivity contribution in [2.75, 3.05) is 25.5 Å². The van der Waals surface area contributed by atoms with E-state index in [9.17, 15) is 4.79 Å². The molecule has 1 aliphatic heterocycles. The van der Waals surface area contributed by atoms with Gasteiger partial charge in [-0.3, -0.25) is 15.0 Å². The molecule has 3 rings (SSSR count). The van der Waals surface area contributed by atoms with Gasteiger partial charge in [-0.25, -0.2) is 0 Å². The maximum absolute atomic E-state index is 12.6. The number of amides is 1. The Bertz CT molecular complexity index is 884. The molecule has 154 valence electrons. The lowest BCUT2D eigenvalue weighted by molar-refractivity contribution is 0.0974. The highest BCUT2D eigenvalue weighted by atomic mass is 79.9. The molecule has 0 spiro atoms. The van der Waals surface area contributed by atoms with E-state index in [1.165, 1.54) is 45.0 Å². The van der Waals surface area contributed by atoms with Crippen molar-refractivity contribution in [2.45, 2.75) is 25.8 Å². The van der Waals surface area contributed by atoms with Gasteiger partial charge >= 0.3 is 0 Å². The lowest BCUT2D eigenvalue weighted by Crippen LogP contribution is -2.34. The summed E-state index contributed by atoms with van der Waals surface area (Å²) in [5.41, 5.74) is 2.49. The Kier molecular flexibility index (Phi) is 8.06. The zero-order chi connectivity index (χ0) is 20.8. The molecule has 2 N–H and O–H groups in total. The van der Waals surface area contributed by atoms with Crippen LogP contribution in [0.5, 0.6) is 5.75 Å². The van der Waals surface area contributed by atoms with E-state index in [4.69, 9.17) is 17.0 Å². The first-order valence-corrected chi connectivity index (χ1v) is 11.4. The monoisotopic (exact) mass is 539 g/mol. The third-order valence-electron chi connectivity index (χ3n) is 4.75. The summed E-state index contributed by atoms with van der Waals surface area (Å²) >= 11 is 12.1. The van der Waals surface area contributed by atoms with Crippen molar-refractivity contribution >= 4 is 60.8 Å². The Hall–Kier alpha value is -1.48. The fourth-order valence-corrected chi connectivity index (χ4v) is 4.94. The number of carbonyl (C=O) groups is 1. The molecule has 0 radical (unpaired) electrons. The molecule has 0 aliphatic carbocycles. The highest BCUT2D eigenvalue weighted by Crippen LogP contribution is 2.32.